The Bertz CT molecular complexity index is 791. The summed E-state index contributed by atoms with van der Waals surface area (Å²) in [6.45, 7) is 3.32. The summed E-state index contributed by atoms with van der Waals surface area (Å²) >= 11 is 6.07. The average Bonchev–Trinajstić information content (AvgIpc) is 2.73. The van der Waals surface area contributed by atoms with Crippen LogP contribution in [-0.4, -0.2) is 37.4 Å². The van der Waals surface area contributed by atoms with Crippen LogP contribution in [0.3, 0.4) is 0 Å². The number of nitrogen functional groups attached to an aromatic ring is 1. The van der Waals surface area contributed by atoms with Crippen LogP contribution < -0.4 is 10.5 Å². The molecule has 29 heavy (non-hydrogen) atoms. The number of carbonyl (C=O) groups is 1. The first-order chi connectivity index (χ1) is 13.6. The summed E-state index contributed by atoms with van der Waals surface area (Å²) in [5, 5.41) is 0.394. The maximum atomic E-state index is 12.5. The Balaban J connectivity index is 0.00000300. The van der Waals surface area contributed by atoms with Crippen molar-refractivity contribution < 1.29 is 9.53 Å². The predicted octanol–water partition coefficient (Wildman–Crippen LogP) is 5.59. The molecule has 1 aliphatic rings. The molecule has 0 aliphatic carbocycles. The number of halogens is 2. The van der Waals surface area contributed by atoms with Crippen molar-refractivity contribution in [1.29, 1.82) is 0 Å². The highest BCUT2D eigenvalue weighted by atomic mass is 35.5. The van der Waals surface area contributed by atoms with Gasteiger partial charge in [-0.25, -0.2) is 0 Å². The zero-order valence-electron chi connectivity index (χ0n) is 16.9. The van der Waals surface area contributed by atoms with Crippen molar-refractivity contribution in [3.63, 3.8) is 0 Å². The Morgan fingerprint density at radius 3 is 2.52 bits per heavy atom. The monoisotopic (exact) mass is 436 g/mol. The Morgan fingerprint density at radius 2 is 1.86 bits per heavy atom. The molecule has 158 valence electrons. The third-order valence-electron chi connectivity index (χ3n) is 5.61. The second kappa shape index (κ2) is 11.4. The lowest BCUT2D eigenvalue weighted by Crippen LogP contribution is -2.33. The minimum Gasteiger partial charge on any atom is -0.496 e. The minimum atomic E-state index is 0. The molecule has 0 bridgehead atoms. The van der Waals surface area contributed by atoms with Crippen LogP contribution in [0, 0.1) is 0 Å². The van der Waals surface area contributed by atoms with Crippen molar-refractivity contribution >= 4 is 35.5 Å². The molecule has 2 aromatic carbocycles. The first-order valence-corrected chi connectivity index (χ1v) is 10.4. The van der Waals surface area contributed by atoms with E-state index in [1.54, 1.807) is 19.2 Å². The number of hydrogen-bond acceptors (Lipinski definition) is 4. The van der Waals surface area contributed by atoms with E-state index < -0.39 is 0 Å². The predicted molar refractivity (Wildman–Crippen MR) is 123 cm³/mol. The molecule has 6 heteroatoms. The number of nitrogens with zero attached hydrogens (tertiary/aromatic N) is 1. The van der Waals surface area contributed by atoms with Crippen LogP contribution in [0.5, 0.6) is 5.75 Å². The summed E-state index contributed by atoms with van der Waals surface area (Å²) in [5.74, 6) is 1.23. The van der Waals surface area contributed by atoms with Gasteiger partial charge in [-0.2, -0.15) is 0 Å². The molecule has 2 aromatic rings. The van der Waals surface area contributed by atoms with Crippen molar-refractivity contribution in [2.45, 2.75) is 38.0 Å². The van der Waals surface area contributed by atoms with Crippen molar-refractivity contribution in [2.24, 2.45) is 0 Å². The maximum Gasteiger partial charge on any atom is 0.166 e. The van der Waals surface area contributed by atoms with Gasteiger partial charge in [0.05, 0.1) is 23.4 Å². The van der Waals surface area contributed by atoms with Crippen LogP contribution in [0.4, 0.5) is 5.69 Å². The van der Waals surface area contributed by atoms with Gasteiger partial charge in [-0.05, 0) is 62.9 Å². The number of ether oxygens (including phenoxy) is 1. The molecule has 0 atom stereocenters. The van der Waals surface area contributed by atoms with Gasteiger partial charge >= 0.3 is 0 Å². The number of Topliss-reactive ketones (excluding diaryl/α,β-unsaturated/α-hetero) is 1. The van der Waals surface area contributed by atoms with Crippen molar-refractivity contribution in [3.05, 3.63) is 58.6 Å². The first-order valence-electron chi connectivity index (χ1n) is 10.0. The van der Waals surface area contributed by atoms with E-state index in [2.05, 4.69) is 35.2 Å². The lowest BCUT2D eigenvalue weighted by molar-refractivity contribution is 0.0974. The number of carbonyl (C=O) groups excluding carboxylic acids is 1. The zero-order valence-corrected chi connectivity index (χ0v) is 18.5. The number of benzene rings is 2. The summed E-state index contributed by atoms with van der Waals surface area (Å²) in [6.07, 6.45) is 4.81. The number of methoxy groups -OCH3 is 1. The first kappa shape index (κ1) is 23.5. The van der Waals surface area contributed by atoms with Gasteiger partial charge < -0.3 is 15.4 Å². The van der Waals surface area contributed by atoms with Crippen molar-refractivity contribution in [2.75, 3.05) is 32.5 Å². The van der Waals surface area contributed by atoms with Gasteiger partial charge in [0.25, 0.3) is 0 Å². The van der Waals surface area contributed by atoms with Crippen LogP contribution in [0.1, 0.15) is 53.9 Å². The molecule has 0 unspecified atom stereocenters. The number of rotatable bonds is 8. The van der Waals surface area contributed by atoms with E-state index in [9.17, 15) is 4.79 Å². The molecule has 0 saturated carbocycles. The summed E-state index contributed by atoms with van der Waals surface area (Å²) in [5.41, 5.74) is 8.19. The molecule has 0 spiro atoms. The van der Waals surface area contributed by atoms with E-state index >= 15 is 0 Å². The lowest BCUT2D eigenvalue weighted by Gasteiger charge is -2.32. The normalized spacial score (nSPS) is 15.0. The van der Waals surface area contributed by atoms with Crippen LogP contribution >= 0.6 is 24.0 Å². The van der Waals surface area contributed by atoms with E-state index in [1.807, 2.05) is 0 Å². The second-order valence-corrected chi connectivity index (χ2v) is 7.89. The molecule has 1 fully saturated rings. The average molecular weight is 437 g/mol. The van der Waals surface area contributed by atoms with E-state index in [-0.39, 0.29) is 18.2 Å². The summed E-state index contributed by atoms with van der Waals surface area (Å²) in [4.78, 5) is 15.1. The lowest BCUT2D eigenvalue weighted by atomic mass is 9.89. The van der Waals surface area contributed by atoms with Crippen LogP contribution in [0.25, 0.3) is 0 Å². The van der Waals surface area contributed by atoms with Gasteiger partial charge in [-0.1, -0.05) is 41.9 Å². The number of unbranched alkanes of at least 4 members (excludes halogenated alkanes) is 1. The van der Waals surface area contributed by atoms with E-state index in [0.717, 1.165) is 32.5 Å². The SMILES string of the molecule is COc1cc(N)c(Cl)cc1C(=O)CCCCN1CCC(c2ccccc2)CC1.Cl. The van der Waals surface area contributed by atoms with Gasteiger partial charge in [0.2, 0.25) is 0 Å². The van der Waals surface area contributed by atoms with E-state index in [0.29, 0.717) is 34.4 Å². The zero-order chi connectivity index (χ0) is 19.9. The van der Waals surface area contributed by atoms with Gasteiger partial charge in [0.15, 0.2) is 5.78 Å². The standard InChI is InChI=1S/C23H29ClN2O2.ClH/c1-28-23-16-21(25)20(24)15-19(23)22(27)9-5-6-12-26-13-10-18(11-14-26)17-7-3-2-4-8-17;/h2-4,7-8,15-16,18H,5-6,9-14,25H2,1H3;1H. The molecular formula is C23H30Cl2N2O2. The van der Waals surface area contributed by atoms with Crippen LogP contribution in [0.2, 0.25) is 5.02 Å². The minimum absolute atomic E-state index is 0. The highest BCUT2D eigenvalue weighted by molar-refractivity contribution is 6.33. The van der Waals surface area contributed by atoms with Gasteiger partial charge in [-0.15, -0.1) is 12.4 Å². The fourth-order valence-electron chi connectivity index (χ4n) is 3.93. The van der Waals surface area contributed by atoms with Crippen LogP contribution in [-0.2, 0) is 0 Å². The van der Waals surface area contributed by atoms with Crippen molar-refractivity contribution in [1.82, 2.24) is 4.90 Å². The number of piperidine rings is 1. The van der Waals surface area contributed by atoms with Crippen LogP contribution in [0.15, 0.2) is 42.5 Å². The fourth-order valence-corrected chi connectivity index (χ4v) is 4.09. The molecule has 0 radical (unpaired) electrons. The number of ketones is 1. The molecule has 0 amide bonds. The summed E-state index contributed by atoms with van der Waals surface area (Å²) in [6, 6.07) is 14.0. The summed E-state index contributed by atoms with van der Waals surface area (Å²) < 4.78 is 5.28. The molecule has 4 nitrogen and oxygen atoms in total. The highest BCUT2D eigenvalue weighted by Crippen LogP contribution is 2.30. The molecule has 3 rings (SSSR count). The molecule has 1 heterocycles. The smallest absolute Gasteiger partial charge is 0.166 e. The van der Waals surface area contributed by atoms with E-state index in [4.69, 9.17) is 22.1 Å². The Morgan fingerprint density at radius 1 is 1.17 bits per heavy atom. The number of anilines is 1. The molecule has 1 aliphatic heterocycles. The van der Waals surface area contributed by atoms with Gasteiger partial charge in [0, 0.05) is 12.5 Å². The van der Waals surface area contributed by atoms with Gasteiger partial charge in [0.1, 0.15) is 5.75 Å². The third kappa shape index (κ3) is 6.36. The largest absolute Gasteiger partial charge is 0.496 e. The number of likely N-dealkylation sites (tertiary alicyclic amines) is 1. The Kier molecular flexibility index (Phi) is 9.28. The number of nitrogens with two attached hydrogens (primary N) is 1. The maximum absolute atomic E-state index is 12.5. The quantitative estimate of drug-likeness (QED) is 0.333. The molecule has 2 N–H and O–H groups in total. The highest BCUT2D eigenvalue weighted by Gasteiger charge is 2.20. The third-order valence-corrected chi connectivity index (χ3v) is 5.93. The van der Waals surface area contributed by atoms with Gasteiger partial charge in [-0.3, -0.25) is 4.79 Å². The van der Waals surface area contributed by atoms with E-state index in [1.165, 1.54) is 18.4 Å². The Labute approximate surface area is 184 Å². The Hall–Kier alpha value is -1.75. The topological polar surface area (TPSA) is 55.6 Å². The molecular weight excluding hydrogens is 407 g/mol. The second-order valence-electron chi connectivity index (χ2n) is 7.48. The molecule has 1 saturated heterocycles. The molecule has 0 aromatic heterocycles. The summed E-state index contributed by atoms with van der Waals surface area (Å²) in [7, 11) is 1.54. The fraction of sp³-hybridized carbons (Fsp3) is 0.435. The van der Waals surface area contributed by atoms with Crippen molar-refractivity contribution in [3.8, 4) is 5.75 Å². The number of hydrogen-bond donors (Lipinski definition) is 1.